The average molecular weight is 447 g/mol. The number of fused-ring (bicyclic) bond motifs is 1. The van der Waals surface area contributed by atoms with Gasteiger partial charge in [-0.15, -0.1) is 16.4 Å². The number of ether oxygens (including phenoxy) is 1. The van der Waals surface area contributed by atoms with Crippen LogP contribution < -0.4 is 9.46 Å². The van der Waals surface area contributed by atoms with Gasteiger partial charge >= 0.3 is 0 Å². The minimum Gasteiger partial charge on any atom is -0.492 e. The van der Waals surface area contributed by atoms with Crippen LogP contribution in [0.3, 0.4) is 0 Å². The number of thiazole rings is 1. The first kappa shape index (κ1) is 20.5. The molecule has 4 rings (SSSR count). The summed E-state index contributed by atoms with van der Waals surface area (Å²) in [5.41, 5.74) is 1.40. The number of hydrogen-bond acceptors (Lipinski definition) is 6. The van der Waals surface area contributed by atoms with Crippen molar-refractivity contribution in [3.8, 4) is 17.1 Å². The van der Waals surface area contributed by atoms with Gasteiger partial charge in [0.05, 0.1) is 12.3 Å². The predicted octanol–water partition coefficient (Wildman–Crippen LogP) is 3.52. The van der Waals surface area contributed by atoms with E-state index in [1.54, 1.807) is 41.8 Å². The quantitative estimate of drug-likeness (QED) is 0.448. The summed E-state index contributed by atoms with van der Waals surface area (Å²) in [7, 11) is -3.72. The van der Waals surface area contributed by atoms with Crippen molar-refractivity contribution in [2.24, 2.45) is 0 Å². The van der Waals surface area contributed by atoms with Gasteiger partial charge in [-0.05, 0) is 31.2 Å². The molecule has 2 heterocycles. The molecule has 4 aromatic rings. The summed E-state index contributed by atoms with van der Waals surface area (Å²) in [4.78, 5) is 5.20. The van der Waals surface area contributed by atoms with E-state index in [1.807, 2.05) is 5.38 Å². The summed E-state index contributed by atoms with van der Waals surface area (Å²) in [5.74, 6) is 0.392. The molecule has 7 nitrogen and oxygen atoms in total. The second-order valence-corrected chi connectivity index (χ2v) is 8.97. The fraction of sp³-hybridized carbons (Fsp3) is 0.200. The number of hydrogen-bond donors (Lipinski definition) is 1. The highest BCUT2D eigenvalue weighted by molar-refractivity contribution is 7.89. The van der Waals surface area contributed by atoms with E-state index in [1.165, 1.54) is 29.5 Å². The third-order valence-corrected chi connectivity index (χ3v) is 6.71. The Hall–Kier alpha value is -2.82. The van der Waals surface area contributed by atoms with Crippen LogP contribution in [0.2, 0.25) is 0 Å². The lowest BCUT2D eigenvalue weighted by atomic mass is 10.2. The van der Waals surface area contributed by atoms with E-state index in [0.717, 1.165) is 5.69 Å². The van der Waals surface area contributed by atoms with Crippen LogP contribution in [0, 0.1) is 5.82 Å². The van der Waals surface area contributed by atoms with Crippen LogP contribution in [0.15, 0.2) is 58.8 Å². The molecule has 30 heavy (non-hydrogen) atoms. The molecule has 0 aliphatic heterocycles. The Morgan fingerprint density at radius 2 is 2.03 bits per heavy atom. The summed E-state index contributed by atoms with van der Waals surface area (Å²) in [5, 5.41) is 6.33. The molecule has 0 amide bonds. The van der Waals surface area contributed by atoms with Gasteiger partial charge in [0, 0.05) is 23.9 Å². The molecule has 1 N–H and O–H groups in total. The lowest BCUT2D eigenvalue weighted by Crippen LogP contribution is -2.26. The first-order valence-corrected chi connectivity index (χ1v) is 11.6. The van der Waals surface area contributed by atoms with Crippen molar-refractivity contribution in [1.29, 1.82) is 0 Å². The van der Waals surface area contributed by atoms with Crippen LogP contribution >= 0.6 is 11.3 Å². The van der Waals surface area contributed by atoms with Gasteiger partial charge < -0.3 is 4.74 Å². The molecule has 2 aromatic heterocycles. The van der Waals surface area contributed by atoms with Gasteiger partial charge in [0.25, 0.3) is 0 Å². The number of sulfonamides is 1. The number of nitrogens with zero attached hydrogens (tertiary/aromatic N) is 3. The SMILES string of the molecule is CCOc1ccccc1S(=O)(=O)NCCc1csc2nc(-c3cccc(F)c3)nn12. The van der Waals surface area contributed by atoms with Gasteiger partial charge in [-0.3, -0.25) is 0 Å². The molecule has 0 bridgehead atoms. The summed E-state index contributed by atoms with van der Waals surface area (Å²) in [6, 6.07) is 12.6. The van der Waals surface area contributed by atoms with Gasteiger partial charge in [0.15, 0.2) is 5.82 Å². The molecule has 0 saturated heterocycles. The number of halogens is 1. The van der Waals surface area contributed by atoms with E-state index in [9.17, 15) is 12.8 Å². The number of para-hydroxylation sites is 1. The molecule has 0 fully saturated rings. The maximum Gasteiger partial charge on any atom is 0.244 e. The van der Waals surface area contributed by atoms with Crippen molar-refractivity contribution in [2.45, 2.75) is 18.2 Å². The normalized spacial score (nSPS) is 11.8. The van der Waals surface area contributed by atoms with Crippen LogP contribution in [0.1, 0.15) is 12.6 Å². The highest BCUT2D eigenvalue weighted by Gasteiger charge is 2.19. The van der Waals surface area contributed by atoms with Crippen molar-refractivity contribution in [3.05, 3.63) is 65.4 Å². The third kappa shape index (κ3) is 4.20. The molecule has 0 unspecified atom stereocenters. The topological polar surface area (TPSA) is 85.6 Å². The van der Waals surface area contributed by atoms with Crippen molar-refractivity contribution in [1.82, 2.24) is 19.3 Å². The van der Waals surface area contributed by atoms with E-state index in [2.05, 4.69) is 14.8 Å². The second-order valence-electron chi connectivity index (χ2n) is 6.39. The standard InChI is InChI=1S/C20H19FN4O3S2/c1-2-28-17-8-3-4-9-18(17)30(26,27)22-11-10-16-13-29-20-23-19(24-25(16)20)14-6-5-7-15(21)12-14/h3-9,12-13,22H,2,10-11H2,1H3. The Balaban J connectivity index is 1.49. The number of aromatic nitrogens is 3. The number of rotatable bonds is 8. The first-order chi connectivity index (χ1) is 14.5. The van der Waals surface area contributed by atoms with Crippen molar-refractivity contribution in [2.75, 3.05) is 13.2 Å². The molecule has 0 radical (unpaired) electrons. The monoisotopic (exact) mass is 446 g/mol. The number of benzene rings is 2. The molecule has 0 spiro atoms. The minimum atomic E-state index is -3.72. The maximum absolute atomic E-state index is 13.5. The Bertz CT molecular complexity index is 1280. The summed E-state index contributed by atoms with van der Waals surface area (Å²) >= 11 is 1.40. The number of nitrogens with one attached hydrogen (secondary N) is 1. The molecule has 0 aliphatic rings. The zero-order chi connectivity index (χ0) is 21.1. The zero-order valence-electron chi connectivity index (χ0n) is 16.1. The Kier molecular flexibility index (Phi) is 5.80. The van der Waals surface area contributed by atoms with Gasteiger partial charge in [-0.1, -0.05) is 24.3 Å². The Morgan fingerprint density at radius 1 is 1.20 bits per heavy atom. The second kappa shape index (κ2) is 8.50. The molecule has 0 aliphatic carbocycles. The minimum absolute atomic E-state index is 0.108. The fourth-order valence-electron chi connectivity index (χ4n) is 2.98. The van der Waals surface area contributed by atoms with Crippen LogP contribution in [-0.4, -0.2) is 36.2 Å². The molecule has 10 heteroatoms. The predicted molar refractivity (Wildman–Crippen MR) is 113 cm³/mol. The third-order valence-electron chi connectivity index (χ3n) is 4.34. The Labute approximate surface area is 177 Å². The van der Waals surface area contributed by atoms with Gasteiger partial charge in [-0.2, -0.15) is 4.98 Å². The van der Waals surface area contributed by atoms with Crippen LogP contribution in [0.25, 0.3) is 16.3 Å². The van der Waals surface area contributed by atoms with Gasteiger partial charge in [-0.25, -0.2) is 22.0 Å². The van der Waals surface area contributed by atoms with E-state index in [0.29, 0.717) is 35.1 Å². The summed E-state index contributed by atoms with van der Waals surface area (Å²) < 4.78 is 48.5. The van der Waals surface area contributed by atoms with Crippen molar-refractivity contribution >= 4 is 26.3 Å². The lowest BCUT2D eigenvalue weighted by molar-refractivity contribution is 0.331. The van der Waals surface area contributed by atoms with Gasteiger partial charge in [0.2, 0.25) is 15.0 Å². The lowest BCUT2D eigenvalue weighted by Gasteiger charge is -2.11. The van der Waals surface area contributed by atoms with E-state index in [-0.39, 0.29) is 17.3 Å². The Morgan fingerprint density at radius 3 is 2.83 bits per heavy atom. The fourth-order valence-corrected chi connectivity index (χ4v) is 5.02. The summed E-state index contributed by atoms with van der Waals surface area (Å²) in [6.45, 7) is 2.36. The van der Waals surface area contributed by atoms with Crippen molar-refractivity contribution < 1.29 is 17.5 Å². The van der Waals surface area contributed by atoms with E-state index >= 15 is 0 Å². The highest BCUT2D eigenvalue weighted by atomic mass is 32.2. The highest BCUT2D eigenvalue weighted by Crippen LogP contribution is 2.24. The van der Waals surface area contributed by atoms with Crippen LogP contribution in [0.5, 0.6) is 5.75 Å². The van der Waals surface area contributed by atoms with Crippen LogP contribution in [0.4, 0.5) is 4.39 Å². The van der Waals surface area contributed by atoms with Gasteiger partial charge in [0.1, 0.15) is 16.5 Å². The molecule has 0 atom stereocenters. The van der Waals surface area contributed by atoms with Crippen molar-refractivity contribution in [3.63, 3.8) is 0 Å². The van der Waals surface area contributed by atoms with E-state index < -0.39 is 10.0 Å². The molecule has 156 valence electrons. The summed E-state index contributed by atoms with van der Waals surface area (Å²) in [6.07, 6.45) is 0.419. The first-order valence-electron chi connectivity index (χ1n) is 9.28. The molecule has 2 aromatic carbocycles. The average Bonchev–Trinajstić information content (AvgIpc) is 3.30. The maximum atomic E-state index is 13.5. The molecular weight excluding hydrogens is 427 g/mol. The van der Waals surface area contributed by atoms with E-state index in [4.69, 9.17) is 4.74 Å². The largest absolute Gasteiger partial charge is 0.492 e. The molecular formula is C20H19FN4O3S2. The zero-order valence-corrected chi connectivity index (χ0v) is 17.7. The molecule has 0 saturated carbocycles. The van der Waals surface area contributed by atoms with Crippen LogP contribution in [-0.2, 0) is 16.4 Å². The smallest absolute Gasteiger partial charge is 0.244 e.